The number of hydrogen-bond donors (Lipinski definition) is 2. The number of nitrogens with zero attached hydrogens (tertiary/aromatic N) is 1. The molecular weight excluding hydrogens is 350 g/mol. The molecule has 2 unspecified atom stereocenters. The molecule has 0 aliphatic carbocycles. The molecule has 2 bridgehead atoms. The van der Waals surface area contributed by atoms with E-state index >= 15 is 0 Å². The second-order valence-corrected chi connectivity index (χ2v) is 10.2. The third-order valence-electron chi connectivity index (χ3n) is 4.58. The minimum Gasteiger partial charge on any atom is -0.310 e. The molecule has 2 N–H and O–H groups in total. The van der Waals surface area contributed by atoms with Crippen molar-refractivity contribution in [3.05, 3.63) is 30.3 Å². The maximum absolute atomic E-state index is 12.5. The summed E-state index contributed by atoms with van der Waals surface area (Å²) in [6.45, 7) is 0.851. The highest BCUT2D eigenvalue weighted by molar-refractivity contribution is 7.90. The van der Waals surface area contributed by atoms with Gasteiger partial charge >= 0.3 is 0 Å². The van der Waals surface area contributed by atoms with Gasteiger partial charge in [0.15, 0.2) is 0 Å². The van der Waals surface area contributed by atoms with Crippen LogP contribution in [0.4, 0.5) is 0 Å². The summed E-state index contributed by atoms with van der Waals surface area (Å²) in [5.41, 5.74) is 0. The summed E-state index contributed by atoms with van der Waals surface area (Å²) in [7, 11) is -7.14. The zero-order valence-electron chi connectivity index (χ0n) is 13.4. The lowest BCUT2D eigenvalue weighted by atomic mass is 10.1. The molecule has 1 aromatic rings. The summed E-state index contributed by atoms with van der Waals surface area (Å²) >= 11 is 0. The number of nitrogens with one attached hydrogen (secondary N) is 2. The van der Waals surface area contributed by atoms with Crippen LogP contribution in [0, 0.1) is 0 Å². The van der Waals surface area contributed by atoms with Gasteiger partial charge in [0.25, 0.3) is 0 Å². The lowest BCUT2D eigenvalue weighted by molar-refractivity contribution is 0.383. The average Bonchev–Trinajstić information content (AvgIpc) is 2.86. The molecule has 2 saturated heterocycles. The van der Waals surface area contributed by atoms with Crippen LogP contribution in [0.1, 0.15) is 19.3 Å². The Hall–Kier alpha value is -1.00. The molecule has 0 spiro atoms. The Morgan fingerprint density at radius 3 is 2.50 bits per heavy atom. The first-order valence-corrected chi connectivity index (χ1v) is 11.2. The fourth-order valence-corrected chi connectivity index (χ4v) is 5.87. The van der Waals surface area contributed by atoms with Crippen LogP contribution in [0.25, 0.3) is 0 Å². The summed E-state index contributed by atoms with van der Waals surface area (Å²) in [4.78, 5) is 0.138. The van der Waals surface area contributed by atoms with E-state index in [0.29, 0.717) is 19.1 Å². The highest BCUT2D eigenvalue weighted by Crippen LogP contribution is 2.22. The van der Waals surface area contributed by atoms with E-state index in [1.807, 2.05) is 0 Å². The van der Waals surface area contributed by atoms with E-state index in [-0.39, 0.29) is 23.2 Å². The van der Waals surface area contributed by atoms with Crippen LogP contribution in [-0.2, 0) is 20.0 Å². The molecule has 0 saturated carbocycles. The molecule has 9 heteroatoms. The van der Waals surface area contributed by atoms with E-state index in [2.05, 4.69) is 10.0 Å². The van der Waals surface area contributed by atoms with Crippen LogP contribution >= 0.6 is 0 Å². The summed E-state index contributed by atoms with van der Waals surface area (Å²) in [6, 6.07) is 8.57. The Morgan fingerprint density at radius 2 is 1.75 bits per heavy atom. The molecule has 1 aromatic carbocycles. The maximum Gasteiger partial charge on any atom is 0.240 e. The topological polar surface area (TPSA) is 95.6 Å². The van der Waals surface area contributed by atoms with Crippen molar-refractivity contribution in [3.8, 4) is 0 Å². The van der Waals surface area contributed by atoms with E-state index < -0.39 is 20.0 Å². The monoisotopic (exact) mass is 373 g/mol. The fraction of sp³-hybridized carbons (Fsp3) is 0.600. The number of hydrogen-bond acceptors (Lipinski definition) is 5. The predicted octanol–water partition coefficient (Wildman–Crippen LogP) is 0.121. The van der Waals surface area contributed by atoms with Gasteiger partial charge in [0, 0.05) is 31.7 Å². The first-order chi connectivity index (χ1) is 11.4. The van der Waals surface area contributed by atoms with Crippen molar-refractivity contribution in [1.29, 1.82) is 0 Å². The lowest BCUT2D eigenvalue weighted by Gasteiger charge is -2.23. The summed E-state index contributed by atoms with van der Waals surface area (Å²) < 4.78 is 53.1. The van der Waals surface area contributed by atoms with Crippen LogP contribution < -0.4 is 10.0 Å². The van der Waals surface area contributed by atoms with E-state index in [0.717, 1.165) is 19.3 Å². The largest absolute Gasteiger partial charge is 0.310 e. The summed E-state index contributed by atoms with van der Waals surface area (Å²) in [6.07, 6.45) is 2.91. The van der Waals surface area contributed by atoms with Crippen LogP contribution in [0.3, 0.4) is 0 Å². The molecule has 2 aliphatic rings. The van der Waals surface area contributed by atoms with Gasteiger partial charge in [-0.1, -0.05) is 18.2 Å². The molecule has 3 rings (SSSR count). The van der Waals surface area contributed by atoms with Crippen molar-refractivity contribution in [2.24, 2.45) is 0 Å². The van der Waals surface area contributed by atoms with E-state index in [9.17, 15) is 16.8 Å². The zero-order chi connectivity index (χ0) is 17.2. The van der Waals surface area contributed by atoms with Gasteiger partial charge in [0.05, 0.1) is 10.6 Å². The van der Waals surface area contributed by atoms with Gasteiger partial charge in [-0.2, -0.15) is 0 Å². The highest BCUT2D eigenvalue weighted by Gasteiger charge is 2.34. The van der Waals surface area contributed by atoms with Crippen LogP contribution in [0.15, 0.2) is 35.2 Å². The smallest absolute Gasteiger partial charge is 0.240 e. The molecule has 0 amide bonds. The third-order valence-corrected chi connectivity index (χ3v) is 7.90. The lowest BCUT2D eigenvalue weighted by Crippen LogP contribution is -2.42. The minimum atomic E-state index is -3.67. The van der Waals surface area contributed by atoms with Gasteiger partial charge in [-0.3, -0.25) is 0 Å². The molecule has 24 heavy (non-hydrogen) atoms. The molecular formula is C15H23N3O4S2. The number of benzene rings is 1. The van der Waals surface area contributed by atoms with E-state index in [1.165, 1.54) is 16.4 Å². The quantitative estimate of drug-likeness (QED) is 0.739. The molecule has 2 atom stereocenters. The van der Waals surface area contributed by atoms with Crippen molar-refractivity contribution in [2.45, 2.75) is 36.2 Å². The molecule has 2 aliphatic heterocycles. The van der Waals surface area contributed by atoms with Gasteiger partial charge in [-0.05, 0) is 31.4 Å². The second kappa shape index (κ2) is 7.09. The second-order valence-electron chi connectivity index (χ2n) is 6.31. The van der Waals surface area contributed by atoms with Crippen LogP contribution in [0.2, 0.25) is 0 Å². The molecule has 2 fully saturated rings. The van der Waals surface area contributed by atoms with Crippen molar-refractivity contribution in [2.75, 3.05) is 25.4 Å². The average molecular weight is 374 g/mol. The molecule has 134 valence electrons. The van der Waals surface area contributed by atoms with Gasteiger partial charge < -0.3 is 5.32 Å². The Bertz CT molecular complexity index is 765. The van der Waals surface area contributed by atoms with Gasteiger partial charge in [-0.25, -0.2) is 25.9 Å². The van der Waals surface area contributed by atoms with Crippen molar-refractivity contribution < 1.29 is 16.8 Å². The normalized spacial score (nSPS) is 25.5. The number of fused-ring (bicyclic) bond motifs is 2. The summed E-state index contributed by atoms with van der Waals surface area (Å²) in [5.74, 6) is -0.226. The molecule has 7 nitrogen and oxygen atoms in total. The third kappa shape index (κ3) is 4.15. The highest BCUT2D eigenvalue weighted by atomic mass is 32.2. The minimum absolute atomic E-state index is 0.127. The number of rotatable bonds is 6. The Labute approximate surface area is 143 Å². The van der Waals surface area contributed by atoms with Crippen LogP contribution in [-0.4, -0.2) is 58.6 Å². The number of sulfonamides is 2. The maximum atomic E-state index is 12.5. The van der Waals surface area contributed by atoms with Gasteiger partial charge in [0.1, 0.15) is 0 Å². The Kier molecular flexibility index (Phi) is 5.26. The Morgan fingerprint density at radius 1 is 1.04 bits per heavy atom. The van der Waals surface area contributed by atoms with E-state index in [4.69, 9.17) is 0 Å². The van der Waals surface area contributed by atoms with Crippen molar-refractivity contribution in [3.63, 3.8) is 0 Å². The van der Waals surface area contributed by atoms with Gasteiger partial charge in [0.2, 0.25) is 20.0 Å². The van der Waals surface area contributed by atoms with Crippen molar-refractivity contribution >= 4 is 20.0 Å². The first kappa shape index (κ1) is 17.8. The zero-order valence-corrected chi connectivity index (χ0v) is 15.0. The molecule has 0 radical (unpaired) electrons. The molecule has 0 aromatic heterocycles. The van der Waals surface area contributed by atoms with Crippen molar-refractivity contribution in [1.82, 2.24) is 14.3 Å². The van der Waals surface area contributed by atoms with E-state index in [1.54, 1.807) is 18.2 Å². The Balaban J connectivity index is 1.57. The SMILES string of the molecule is O=S(=O)(NCCS(=O)(=O)N1CCC2CCC(C1)N2)c1ccccc1. The summed E-state index contributed by atoms with van der Waals surface area (Å²) in [5, 5.41) is 3.44. The first-order valence-electron chi connectivity index (χ1n) is 8.15. The standard InChI is InChI=1S/C15H23N3O4S2/c19-23(20,18-10-8-13-6-7-14(12-18)17-13)11-9-16-24(21,22)15-4-2-1-3-5-15/h1-5,13-14,16-17H,6-12H2. The van der Waals surface area contributed by atoms with Crippen LogP contribution in [0.5, 0.6) is 0 Å². The molecule has 2 heterocycles. The fourth-order valence-electron chi connectivity index (χ4n) is 3.28. The predicted molar refractivity (Wildman–Crippen MR) is 91.6 cm³/mol. The van der Waals surface area contributed by atoms with Gasteiger partial charge in [-0.15, -0.1) is 0 Å².